The van der Waals surface area contributed by atoms with Crippen molar-refractivity contribution in [2.45, 2.75) is 43.6 Å². The maximum absolute atomic E-state index is 11.6. The van der Waals surface area contributed by atoms with Gasteiger partial charge >= 0.3 is 0 Å². The normalized spacial score (nSPS) is 26.2. The second-order valence-electron chi connectivity index (χ2n) is 3.78. The molecule has 15 heavy (non-hydrogen) atoms. The van der Waals surface area contributed by atoms with Gasteiger partial charge in [-0.2, -0.15) is 5.26 Å². The van der Waals surface area contributed by atoms with E-state index in [2.05, 4.69) is 11.4 Å². The lowest BCUT2D eigenvalue weighted by Crippen LogP contribution is -2.36. The molecule has 4 heteroatoms. The molecule has 1 amide bonds. The minimum atomic E-state index is 0.0195. The van der Waals surface area contributed by atoms with Crippen LogP contribution in [-0.4, -0.2) is 23.0 Å². The highest BCUT2D eigenvalue weighted by Crippen LogP contribution is 2.39. The zero-order valence-corrected chi connectivity index (χ0v) is 10.1. The Morgan fingerprint density at radius 2 is 2.33 bits per heavy atom. The molecule has 0 aromatic carbocycles. The summed E-state index contributed by atoms with van der Waals surface area (Å²) in [6.07, 6.45) is 2.92. The lowest BCUT2D eigenvalue weighted by atomic mass is 9.86. The lowest BCUT2D eigenvalue weighted by molar-refractivity contribution is -0.120. The number of carbonyl (C=O) groups excluding carboxylic acids is 1. The lowest BCUT2D eigenvalue weighted by Gasteiger charge is -2.33. The first-order chi connectivity index (χ1) is 7.22. The molecule has 84 valence electrons. The minimum Gasteiger partial charge on any atom is -0.355 e. The quantitative estimate of drug-likeness (QED) is 0.779. The van der Waals surface area contributed by atoms with Crippen molar-refractivity contribution in [1.82, 2.24) is 5.32 Å². The highest BCUT2D eigenvalue weighted by molar-refractivity contribution is 8.01. The standard InChI is InChI=1S/C11H18N2OS/c1-3-9(11(14)13-4-2)15-10-6-5-8(10)7-12/h8-10H,3-6H2,1-2H3,(H,13,14). The molecule has 1 N–H and O–H groups in total. The van der Waals surface area contributed by atoms with Crippen molar-refractivity contribution < 1.29 is 4.79 Å². The summed E-state index contributed by atoms with van der Waals surface area (Å²) in [5.41, 5.74) is 0. The molecule has 0 radical (unpaired) electrons. The molecule has 0 saturated heterocycles. The summed E-state index contributed by atoms with van der Waals surface area (Å²) in [7, 11) is 0. The summed E-state index contributed by atoms with van der Waals surface area (Å²) in [5.74, 6) is 0.284. The van der Waals surface area contributed by atoms with E-state index in [9.17, 15) is 4.79 Å². The molecule has 0 aromatic rings. The second-order valence-corrected chi connectivity index (χ2v) is 5.23. The van der Waals surface area contributed by atoms with Gasteiger partial charge in [0, 0.05) is 11.8 Å². The van der Waals surface area contributed by atoms with Crippen LogP contribution in [0.2, 0.25) is 0 Å². The highest BCUT2D eigenvalue weighted by atomic mass is 32.2. The van der Waals surface area contributed by atoms with Crippen molar-refractivity contribution in [1.29, 1.82) is 5.26 Å². The SMILES string of the molecule is CCNC(=O)C(CC)SC1CCC1C#N. The second kappa shape index (κ2) is 6.02. The topological polar surface area (TPSA) is 52.9 Å². The molecule has 1 fully saturated rings. The first-order valence-corrected chi connectivity index (χ1v) is 6.50. The van der Waals surface area contributed by atoms with Crippen LogP contribution >= 0.6 is 11.8 Å². The van der Waals surface area contributed by atoms with Gasteiger partial charge in [0.1, 0.15) is 0 Å². The van der Waals surface area contributed by atoms with E-state index in [4.69, 9.17) is 5.26 Å². The molecule has 0 spiro atoms. The largest absolute Gasteiger partial charge is 0.355 e. The molecule has 1 aliphatic carbocycles. The minimum absolute atomic E-state index is 0.0195. The zero-order chi connectivity index (χ0) is 11.3. The van der Waals surface area contributed by atoms with Crippen LogP contribution in [0.25, 0.3) is 0 Å². The third-order valence-corrected chi connectivity index (χ3v) is 4.52. The van der Waals surface area contributed by atoms with Gasteiger partial charge in [0.15, 0.2) is 0 Å². The van der Waals surface area contributed by atoms with Gasteiger partial charge in [-0.15, -0.1) is 11.8 Å². The van der Waals surface area contributed by atoms with Gasteiger partial charge in [-0.05, 0) is 26.2 Å². The number of thioether (sulfide) groups is 1. The summed E-state index contributed by atoms with van der Waals surface area (Å²) in [5, 5.41) is 12.1. The average molecular weight is 226 g/mol. The van der Waals surface area contributed by atoms with Gasteiger partial charge in [0.25, 0.3) is 0 Å². The molecule has 3 nitrogen and oxygen atoms in total. The molecular formula is C11H18N2OS. The Labute approximate surface area is 95.6 Å². The van der Waals surface area contributed by atoms with Gasteiger partial charge in [-0.3, -0.25) is 4.79 Å². The molecule has 0 bridgehead atoms. The van der Waals surface area contributed by atoms with E-state index in [1.807, 2.05) is 13.8 Å². The Morgan fingerprint density at radius 1 is 1.60 bits per heavy atom. The summed E-state index contributed by atoms with van der Waals surface area (Å²) < 4.78 is 0. The Balaban J connectivity index is 2.40. The molecule has 1 saturated carbocycles. The van der Waals surface area contributed by atoms with Crippen molar-refractivity contribution in [2.24, 2.45) is 5.92 Å². The Bertz CT molecular complexity index is 262. The van der Waals surface area contributed by atoms with E-state index in [-0.39, 0.29) is 17.1 Å². The first-order valence-electron chi connectivity index (χ1n) is 5.55. The number of hydrogen-bond acceptors (Lipinski definition) is 3. The third-order valence-electron chi connectivity index (χ3n) is 2.73. The summed E-state index contributed by atoms with van der Waals surface area (Å²) in [6, 6.07) is 2.30. The van der Waals surface area contributed by atoms with Gasteiger partial charge in [-0.25, -0.2) is 0 Å². The molecule has 0 heterocycles. The van der Waals surface area contributed by atoms with Crippen molar-refractivity contribution in [2.75, 3.05) is 6.54 Å². The Kier molecular flexibility index (Phi) is 4.97. The van der Waals surface area contributed by atoms with Crippen molar-refractivity contribution >= 4 is 17.7 Å². The molecule has 3 atom stereocenters. The van der Waals surface area contributed by atoms with E-state index in [0.717, 1.165) is 19.3 Å². The van der Waals surface area contributed by atoms with Crippen LogP contribution in [0.3, 0.4) is 0 Å². The van der Waals surface area contributed by atoms with E-state index >= 15 is 0 Å². The van der Waals surface area contributed by atoms with Crippen LogP contribution in [-0.2, 0) is 4.79 Å². The van der Waals surface area contributed by atoms with Crippen LogP contribution in [0.5, 0.6) is 0 Å². The van der Waals surface area contributed by atoms with E-state index in [1.165, 1.54) is 0 Å². The number of nitriles is 1. The number of hydrogen-bond donors (Lipinski definition) is 1. The summed E-state index contributed by atoms with van der Waals surface area (Å²) in [6.45, 7) is 4.63. The van der Waals surface area contributed by atoms with Crippen molar-refractivity contribution in [3.8, 4) is 6.07 Å². The Morgan fingerprint density at radius 3 is 2.73 bits per heavy atom. The first kappa shape index (κ1) is 12.4. The van der Waals surface area contributed by atoms with E-state index in [1.54, 1.807) is 11.8 Å². The van der Waals surface area contributed by atoms with Crippen molar-refractivity contribution in [3.63, 3.8) is 0 Å². The van der Waals surface area contributed by atoms with Crippen LogP contribution in [0, 0.1) is 17.2 Å². The monoisotopic (exact) mass is 226 g/mol. The number of nitrogens with one attached hydrogen (secondary N) is 1. The summed E-state index contributed by atoms with van der Waals surface area (Å²) in [4.78, 5) is 11.6. The number of amides is 1. The third kappa shape index (κ3) is 3.13. The Hall–Kier alpha value is -0.690. The van der Waals surface area contributed by atoms with Gasteiger partial charge in [-0.1, -0.05) is 6.92 Å². The smallest absolute Gasteiger partial charge is 0.233 e. The predicted octanol–water partition coefficient (Wildman–Crippen LogP) is 1.94. The number of carbonyl (C=O) groups is 1. The van der Waals surface area contributed by atoms with Crippen LogP contribution in [0.4, 0.5) is 0 Å². The molecule has 1 aliphatic rings. The predicted molar refractivity (Wildman–Crippen MR) is 62.5 cm³/mol. The maximum atomic E-state index is 11.6. The van der Waals surface area contributed by atoms with E-state index < -0.39 is 0 Å². The van der Waals surface area contributed by atoms with Gasteiger partial charge < -0.3 is 5.32 Å². The van der Waals surface area contributed by atoms with Crippen LogP contribution < -0.4 is 5.32 Å². The number of nitrogens with zero attached hydrogens (tertiary/aromatic N) is 1. The fourth-order valence-electron chi connectivity index (χ4n) is 1.62. The van der Waals surface area contributed by atoms with Gasteiger partial charge in [0.2, 0.25) is 5.91 Å². The summed E-state index contributed by atoms with van der Waals surface area (Å²) >= 11 is 1.68. The molecule has 1 rings (SSSR count). The van der Waals surface area contributed by atoms with E-state index in [0.29, 0.717) is 11.8 Å². The van der Waals surface area contributed by atoms with Crippen LogP contribution in [0.15, 0.2) is 0 Å². The van der Waals surface area contributed by atoms with Crippen molar-refractivity contribution in [3.05, 3.63) is 0 Å². The highest BCUT2D eigenvalue weighted by Gasteiger charge is 2.34. The molecule has 0 aliphatic heterocycles. The van der Waals surface area contributed by atoms with Crippen LogP contribution in [0.1, 0.15) is 33.1 Å². The fraction of sp³-hybridized carbons (Fsp3) is 0.818. The average Bonchev–Trinajstić information content (AvgIpc) is 2.18. The fourth-order valence-corrected chi connectivity index (χ4v) is 3.10. The molecular weight excluding hydrogens is 208 g/mol. The van der Waals surface area contributed by atoms with Gasteiger partial charge in [0.05, 0.1) is 17.2 Å². The zero-order valence-electron chi connectivity index (χ0n) is 9.32. The molecule has 3 unspecified atom stereocenters. The maximum Gasteiger partial charge on any atom is 0.233 e. The molecule has 0 aromatic heterocycles. The number of rotatable bonds is 5.